The first-order valence-corrected chi connectivity index (χ1v) is 7.07. The van der Waals surface area contributed by atoms with Crippen LogP contribution in [0.4, 0.5) is 0 Å². The molecule has 1 saturated heterocycles. The summed E-state index contributed by atoms with van der Waals surface area (Å²) in [5, 5.41) is 2.87. The van der Waals surface area contributed by atoms with Gasteiger partial charge in [0.05, 0.1) is 0 Å². The van der Waals surface area contributed by atoms with Crippen LogP contribution in [0.15, 0.2) is 0 Å². The van der Waals surface area contributed by atoms with E-state index >= 15 is 0 Å². The van der Waals surface area contributed by atoms with Crippen molar-refractivity contribution >= 4 is 11.8 Å². The fourth-order valence-electron chi connectivity index (χ4n) is 2.38. The highest BCUT2D eigenvalue weighted by Crippen LogP contribution is 2.19. The molecular formula is C15H24N2O2. The molecule has 0 aromatic rings. The molecule has 0 spiro atoms. The van der Waals surface area contributed by atoms with Crippen molar-refractivity contribution in [3.05, 3.63) is 0 Å². The Kier molecular flexibility index (Phi) is 5.88. The van der Waals surface area contributed by atoms with Crippen molar-refractivity contribution in [1.29, 1.82) is 0 Å². The molecule has 0 aliphatic carbocycles. The van der Waals surface area contributed by atoms with Gasteiger partial charge in [0, 0.05) is 13.0 Å². The van der Waals surface area contributed by atoms with Crippen molar-refractivity contribution in [3.63, 3.8) is 0 Å². The highest BCUT2D eigenvalue weighted by atomic mass is 16.2. The van der Waals surface area contributed by atoms with Crippen LogP contribution >= 0.6 is 0 Å². The SMILES string of the molecule is CC#CCCN1C(=O)C(C(C)CC)NC(=O)C1CC. The largest absolute Gasteiger partial charge is 0.342 e. The highest BCUT2D eigenvalue weighted by molar-refractivity contribution is 5.97. The number of amides is 2. The molecule has 19 heavy (non-hydrogen) atoms. The zero-order valence-electron chi connectivity index (χ0n) is 12.3. The molecule has 1 rings (SSSR count). The number of carbonyl (C=O) groups is 2. The summed E-state index contributed by atoms with van der Waals surface area (Å²) in [4.78, 5) is 26.3. The van der Waals surface area contributed by atoms with Crippen LogP contribution in [0.3, 0.4) is 0 Å². The van der Waals surface area contributed by atoms with E-state index in [2.05, 4.69) is 17.2 Å². The fraction of sp³-hybridized carbons (Fsp3) is 0.733. The van der Waals surface area contributed by atoms with Crippen LogP contribution in [0.5, 0.6) is 0 Å². The molecular weight excluding hydrogens is 240 g/mol. The van der Waals surface area contributed by atoms with Gasteiger partial charge in [0.1, 0.15) is 12.1 Å². The number of nitrogens with one attached hydrogen (secondary N) is 1. The molecule has 0 aromatic carbocycles. The van der Waals surface area contributed by atoms with Crippen molar-refractivity contribution in [2.45, 2.75) is 59.0 Å². The van der Waals surface area contributed by atoms with Crippen molar-refractivity contribution in [1.82, 2.24) is 10.2 Å². The summed E-state index contributed by atoms with van der Waals surface area (Å²) in [5.74, 6) is 5.95. The first-order valence-electron chi connectivity index (χ1n) is 7.07. The number of rotatable bonds is 5. The Balaban J connectivity index is 2.87. The molecule has 4 heteroatoms. The van der Waals surface area contributed by atoms with Gasteiger partial charge in [0.25, 0.3) is 0 Å². The second-order valence-corrected chi connectivity index (χ2v) is 5.00. The quantitative estimate of drug-likeness (QED) is 0.766. The van der Waals surface area contributed by atoms with Gasteiger partial charge >= 0.3 is 0 Å². The number of hydrogen-bond acceptors (Lipinski definition) is 2. The van der Waals surface area contributed by atoms with E-state index in [0.717, 1.165) is 6.42 Å². The smallest absolute Gasteiger partial charge is 0.246 e. The molecule has 0 saturated carbocycles. The zero-order valence-corrected chi connectivity index (χ0v) is 12.3. The monoisotopic (exact) mass is 264 g/mol. The van der Waals surface area contributed by atoms with Crippen molar-refractivity contribution in [2.24, 2.45) is 5.92 Å². The average molecular weight is 264 g/mol. The molecule has 3 atom stereocenters. The zero-order chi connectivity index (χ0) is 14.4. The maximum Gasteiger partial charge on any atom is 0.246 e. The van der Waals surface area contributed by atoms with Crippen molar-refractivity contribution in [3.8, 4) is 11.8 Å². The van der Waals surface area contributed by atoms with E-state index in [-0.39, 0.29) is 29.8 Å². The lowest BCUT2D eigenvalue weighted by molar-refractivity contribution is -0.150. The predicted molar refractivity (Wildman–Crippen MR) is 75.2 cm³/mol. The van der Waals surface area contributed by atoms with E-state index in [1.54, 1.807) is 11.8 Å². The van der Waals surface area contributed by atoms with E-state index in [0.29, 0.717) is 19.4 Å². The lowest BCUT2D eigenvalue weighted by Crippen LogP contribution is -2.64. The Labute approximate surface area is 115 Å². The summed E-state index contributed by atoms with van der Waals surface area (Å²) >= 11 is 0. The van der Waals surface area contributed by atoms with E-state index in [1.165, 1.54) is 0 Å². The van der Waals surface area contributed by atoms with Gasteiger partial charge in [-0.3, -0.25) is 9.59 Å². The lowest BCUT2D eigenvalue weighted by Gasteiger charge is -2.40. The van der Waals surface area contributed by atoms with Gasteiger partial charge in [-0.05, 0) is 19.3 Å². The van der Waals surface area contributed by atoms with Crippen molar-refractivity contribution in [2.75, 3.05) is 6.54 Å². The first-order chi connectivity index (χ1) is 9.06. The lowest BCUT2D eigenvalue weighted by atomic mass is 9.93. The van der Waals surface area contributed by atoms with Gasteiger partial charge in [-0.1, -0.05) is 27.2 Å². The van der Waals surface area contributed by atoms with E-state index < -0.39 is 0 Å². The minimum atomic E-state index is -0.380. The van der Waals surface area contributed by atoms with E-state index in [1.807, 2.05) is 20.8 Å². The van der Waals surface area contributed by atoms with Crippen molar-refractivity contribution < 1.29 is 9.59 Å². The Hall–Kier alpha value is -1.50. The molecule has 1 aliphatic heterocycles. The predicted octanol–water partition coefficient (Wildman–Crippen LogP) is 1.55. The molecule has 1 aliphatic rings. The summed E-state index contributed by atoms with van der Waals surface area (Å²) in [6.07, 6.45) is 2.14. The molecule has 0 aromatic heterocycles. The van der Waals surface area contributed by atoms with Crippen LogP contribution in [0.1, 0.15) is 47.0 Å². The normalized spacial score (nSPS) is 24.5. The molecule has 1 heterocycles. The Morgan fingerprint density at radius 3 is 2.58 bits per heavy atom. The van der Waals surface area contributed by atoms with Gasteiger partial charge in [0.15, 0.2) is 0 Å². The van der Waals surface area contributed by atoms with Gasteiger partial charge in [0.2, 0.25) is 11.8 Å². The molecule has 1 fully saturated rings. The molecule has 0 radical (unpaired) electrons. The third kappa shape index (κ3) is 3.50. The van der Waals surface area contributed by atoms with Crippen LogP contribution in [-0.2, 0) is 9.59 Å². The fourth-order valence-corrected chi connectivity index (χ4v) is 2.38. The Bertz CT molecular complexity index is 395. The summed E-state index contributed by atoms with van der Waals surface area (Å²) < 4.78 is 0. The highest BCUT2D eigenvalue weighted by Gasteiger charge is 2.40. The van der Waals surface area contributed by atoms with Gasteiger partial charge in [-0.2, -0.15) is 0 Å². The number of hydrogen-bond donors (Lipinski definition) is 1. The molecule has 1 N–H and O–H groups in total. The summed E-state index contributed by atoms with van der Waals surface area (Å²) in [7, 11) is 0. The second kappa shape index (κ2) is 7.18. The molecule has 2 amide bonds. The third-order valence-corrected chi connectivity index (χ3v) is 3.78. The number of nitrogens with zero attached hydrogens (tertiary/aromatic N) is 1. The average Bonchev–Trinajstić information content (AvgIpc) is 2.41. The van der Waals surface area contributed by atoms with Gasteiger partial charge < -0.3 is 10.2 Å². The summed E-state index contributed by atoms with van der Waals surface area (Å²) in [6.45, 7) is 8.28. The minimum Gasteiger partial charge on any atom is -0.342 e. The molecule has 106 valence electrons. The van der Waals surface area contributed by atoms with E-state index in [9.17, 15) is 9.59 Å². The Morgan fingerprint density at radius 2 is 2.05 bits per heavy atom. The number of carbonyl (C=O) groups excluding carboxylic acids is 2. The molecule has 0 bridgehead atoms. The van der Waals surface area contributed by atoms with E-state index in [4.69, 9.17) is 0 Å². The third-order valence-electron chi connectivity index (χ3n) is 3.78. The second-order valence-electron chi connectivity index (χ2n) is 5.00. The molecule has 3 unspecified atom stereocenters. The van der Waals surface area contributed by atoms with Gasteiger partial charge in [-0.15, -0.1) is 11.8 Å². The first kappa shape index (κ1) is 15.6. The van der Waals surface area contributed by atoms with Crippen LogP contribution in [0.25, 0.3) is 0 Å². The van der Waals surface area contributed by atoms with Gasteiger partial charge in [-0.25, -0.2) is 0 Å². The summed E-state index contributed by atoms with van der Waals surface area (Å²) in [5.41, 5.74) is 0. The standard InChI is InChI=1S/C15H24N2O2/c1-5-8-9-10-17-12(7-3)14(18)16-13(15(17)19)11(4)6-2/h11-13H,6-7,9-10H2,1-4H3,(H,16,18). The van der Waals surface area contributed by atoms with Crippen LogP contribution in [-0.4, -0.2) is 35.3 Å². The maximum atomic E-state index is 12.5. The van der Waals surface area contributed by atoms with Crippen LogP contribution in [0.2, 0.25) is 0 Å². The number of piperazine rings is 1. The molecule has 4 nitrogen and oxygen atoms in total. The topological polar surface area (TPSA) is 49.4 Å². The maximum absolute atomic E-state index is 12.5. The summed E-state index contributed by atoms with van der Waals surface area (Å²) in [6, 6.07) is -0.721. The minimum absolute atomic E-state index is 0.0307. The van der Waals surface area contributed by atoms with Crippen LogP contribution in [0, 0.1) is 17.8 Å². The van der Waals surface area contributed by atoms with Crippen LogP contribution < -0.4 is 5.32 Å². The Morgan fingerprint density at radius 1 is 1.37 bits per heavy atom.